The van der Waals surface area contributed by atoms with Gasteiger partial charge in [-0.2, -0.15) is 0 Å². The van der Waals surface area contributed by atoms with Gasteiger partial charge in [-0.05, 0) is 12.8 Å². The van der Waals surface area contributed by atoms with Crippen LogP contribution in [-0.4, -0.2) is 16.9 Å². The van der Waals surface area contributed by atoms with Crippen LogP contribution in [0.3, 0.4) is 0 Å². The molecular formula is C9H14N2O2S. The third kappa shape index (κ3) is 1.64. The lowest BCUT2D eigenvalue weighted by atomic mass is 9.78. The van der Waals surface area contributed by atoms with Crippen molar-refractivity contribution in [2.45, 2.75) is 33.1 Å². The van der Waals surface area contributed by atoms with E-state index in [0.717, 1.165) is 6.42 Å². The molecule has 0 aromatic heterocycles. The zero-order valence-corrected chi connectivity index (χ0v) is 9.16. The molecule has 1 heterocycles. The number of rotatable bonds is 3. The molecule has 0 bridgehead atoms. The van der Waals surface area contributed by atoms with Crippen LogP contribution in [0.5, 0.6) is 0 Å². The fourth-order valence-corrected chi connectivity index (χ4v) is 2.16. The monoisotopic (exact) mass is 214 g/mol. The van der Waals surface area contributed by atoms with Gasteiger partial charge in [0.25, 0.3) is 0 Å². The topological polar surface area (TPSA) is 58.2 Å². The normalized spacial score (nSPS) is 27.1. The Labute approximate surface area is 88.4 Å². The van der Waals surface area contributed by atoms with E-state index in [0.29, 0.717) is 17.8 Å². The second kappa shape index (κ2) is 4.04. The molecule has 3 amide bonds. The number of carbonyl (C=O) groups is 2. The van der Waals surface area contributed by atoms with Crippen molar-refractivity contribution < 1.29 is 9.59 Å². The van der Waals surface area contributed by atoms with Crippen molar-refractivity contribution in [3.05, 3.63) is 0 Å². The van der Waals surface area contributed by atoms with Gasteiger partial charge in [0.15, 0.2) is 0 Å². The molecule has 0 radical (unpaired) electrons. The van der Waals surface area contributed by atoms with Gasteiger partial charge in [0.05, 0.1) is 10.4 Å². The van der Waals surface area contributed by atoms with E-state index in [1.807, 2.05) is 13.8 Å². The molecular weight excluding hydrogens is 200 g/mol. The molecule has 1 saturated heterocycles. The third-order valence-electron chi connectivity index (χ3n) is 2.60. The molecule has 4 nitrogen and oxygen atoms in total. The van der Waals surface area contributed by atoms with Crippen molar-refractivity contribution in [1.82, 2.24) is 10.6 Å². The minimum Gasteiger partial charge on any atom is -0.301 e. The lowest BCUT2D eigenvalue weighted by Crippen LogP contribution is -2.61. The molecule has 1 fully saturated rings. The molecule has 1 rings (SSSR count). The molecule has 5 heteroatoms. The molecule has 1 aliphatic rings. The van der Waals surface area contributed by atoms with Gasteiger partial charge in [-0.15, -0.1) is 0 Å². The number of hydrogen-bond acceptors (Lipinski definition) is 3. The van der Waals surface area contributed by atoms with Gasteiger partial charge in [0, 0.05) is 0 Å². The van der Waals surface area contributed by atoms with Crippen LogP contribution >= 0.6 is 12.2 Å². The number of hydrogen-bond donors (Lipinski definition) is 2. The minimum absolute atomic E-state index is 0.268. The first-order valence-corrected chi connectivity index (χ1v) is 5.14. The fourth-order valence-electron chi connectivity index (χ4n) is 1.73. The van der Waals surface area contributed by atoms with Crippen LogP contribution < -0.4 is 10.6 Å². The van der Waals surface area contributed by atoms with Crippen molar-refractivity contribution in [3.8, 4) is 0 Å². The fraction of sp³-hybridized carbons (Fsp3) is 0.667. The van der Waals surface area contributed by atoms with Gasteiger partial charge in [-0.3, -0.25) is 10.1 Å². The van der Waals surface area contributed by atoms with Crippen molar-refractivity contribution in [3.63, 3.8) is 0 Å². The second-order valence-corrected chi connectivity index (χ2v) is 3.83. The summed E-state index contributed by atoms with van der Waals surface area (Å²) in [6, 6.07) is -0.514. The van der Waals surface area contributed by atoms with Crippen LogP contribution in [0, 0.1) is 5.41 Å². The van der Waals surface area contributed by atoms with Crippen LogP contribution in [0.25, 0.3) is 0 Å². The largest absolute Gasteiger partial charge is 0.326 e. The van der Waals surface area contributed by atoms with Crippen LogP contribution in [-0.2, 0) is 4.79 Å². The summed E-state index contributed by atoms with van der Waals surface area (Å²) in [5.74, 6) is -0.268. The van der Waals surface area contributed by atoms with Crippen LogP contribution in [0.2, 0.25) is 0 Å². The predicted octanol–water partition coefficient (Wildman–Crippen LogP) is 1.35. The Morgan fingerprint density at radius 2 is 1.93 bits per heavy atom. The Morgan fingerprint density at radius 3 is 2.36 bits per heavy atom. The first-order valence-electron chi connectivity index (χ1n) is 4.73. The Kier molecular flexibility index (Phi) is 3.21. The first kappa shape index (κ1) is 11.1. The number of urea groups is 1. The molecule has 0 unspecified atom stereocenters. The summed E-state index contributed by atoms with van der Waals surface area (Å²) in [5.41, 5.74) is -0.683. The quantitative estimate of drug-likeness (QED) is 0.697. The Hall–Kier alpha value is -0.970. The van der Waals surface area contributed by atoms with Crippen molar-refractivity contribution in [2.24, 2.45) is 5.41 Å². The average molecular weight is 214 g/mol. The molecule has 0 spiro atoms. The van der Waals surface area contributed by atoms with E-state index >= 15 is 0 Å². The van der Waals surface area contributed by atoms with Crippen molar-refractivity contribution in [1.29, 1.82) is 0 Å². The maximum atomic E-state index is 11.7. The molecule has 0 aliphatic carbocycles. The molecule has 1 aliphatic heterocycles. The van der Waals surface area contributed by atoms with E-state index in [4.69, 9.17) is 12.2 Å². The van der Waals surface area contributed by atoms with Gasteiger partial charge in [-0.1, -0.05) is 32.5 Å². The SMILES string of the molecule is CCC[C@@]1(CC)C(=O)NC(=O)NC1=S. The highest BCUT2D eigenvalue weighted by Crippen LogP contribution is 2.31. The Bertz CT molecular complexity index is 269. The van der Waals surface area contributed by atoms with E-state index in [2.05, 4.69) is 10.6 Å². The highest BCUT2D eigenvalue weighted by molar-refractivity contribution is 7.80. The standard InChI is InChI=1S/C9H14N2O2S/c1-3-5-9(4-2)6(12)10-8(13)11-7(9)14/h3-5H2,1-2H3,(H2,10,11,12,13,14)/t9-/m0/s1. The van der Waals surface area contributed by atoms with Crippen LogP contribution in [0.1, 0.15) is 33.1 Å². The summed E-state index contributed by atoms with van der Waals surface area (Å²) in [6.45, 7) is 3.89. The summed E-state index contributed by atoms with van der Waals surface area (Å²) in [4.78, 5) is 23.0. The van der Waals surface area contributed by atoms with Gasteiger partial charge >= 0.3 is 6.03 Å². The van der Waals surface area contributed by atoms with Crippen LogP contribution in [0.15, 0.2) is 0 Å². The summed E-state index contributed by atoms with van der Waals surface area (Å²) in [6.07, 6.45) is 2.15. The smallest absolute Gasteiger partial charge is 0.301 e. The predicted molar refractivity (Wildman–Crippen MR) is 56.9 cm³/mol. The lowest BCUT2D eigenvalue weighted by molar-refractivity contribution is -0.127. The number of thiocarbonyl (C=S) groups is 1. The van der Waals surface area contributed by atoms with E-state index < -0.39 is 11.4 Å². The number of amides is 3. The maximum absolute atomic E-state index is 11.7. The molecule has 0 saturated carbocycles. The van der Waals surface area contributed by atoms with Gasteiger partial charge < -0.3 is 5.32 Å². The molecule has 0 aromatic carbocycles. The lowest BCUT2D eigenvalue weighted by Gasteiger charge is -2.35. The molecule has 0 aromatic rings. The molecule has 1 atom stereocenters. The molecule has 2 N–H and O–H groups in total. The Balaban J connectivity index is 2.97. The zero-order valence-electron chi connectivity index (χ0n) is 8.35. The van der Waals surface area contributed by atoms with E-state index in [-0.39, 0.29) is 5.91 Å². The summed E-state index contributed by atoms with van der Waals surface area (Å²) >= 11 is 5.07. The van der Waals surface area contributed by atoms with Crippen molar-refractivity contribution in [2.75, 3.05) is 0 Å². The summed E-state index contributed by atoms with van der Waals surface area (Å²) in [5, 5.41) is 4.76. The van der Waals surface area contributed by atoms with E-state index in [1.165, 1.54) is 0 Å². The maximum Gasteiger partial charge on any atom is 0.326 e. The summed E-state index contributed by atoms with van der Waals surface area (Å²) in [7, 11) is 0. The highest BCUT2D eigenvalue weighted by atomic mass is 32.1. The van der Waals surface area contributed by atoms with Gasteiger partial charge in [0.1, 0.15) is 0 Å². The molecule has 78 valence electrons. The van der Waals surface area contributed by atoms with E-state index in [1.54, 1.807) is 0 Å². The highest BCUT2D eigenvalue weighted by Gasteiger charge is 2.44. The second-order valence-electron chi connectivity index (χ2n) is 3.42. The van der Waals surface area contributed by atoms with Gasteiger partial charge in [0.2, 0.25) is 5.91 Å². The zero-order chi connectivity index (χ0) is 10.8. The van der Waals surface area contributed by atoms with E-state index in [9.17, 15) is 9.59 Å². The number of nitrogens with one attached hydrogen (secondary N) is 2. The van der Waals surface area contributed by atoms with Crippen molar-refractivity contribution >= 4 is 29.1 Å². The average Bonchev–Trinajstić information content (AvgIpc) is 2.11. The number of carbonyl (C=O) groups excluding carboxylic acids is 2. The number of imide groups is 1. The summed E-state index contributed by atoms with van der Waals surface area (Å²) < 4.78 is 0. The van der Waals surface area contributed by atoms with Crippen LogP contribution in [0.4, 0.5) is 4.79 Å². The molecule has 14 heavy (non-hydrogen) atoms. The first-order chi connectivity index (χ1) is 6.56. The third-order valence-corrected chi connectivity index (χ3v) is 3.10. The Morgan fingerprint density at radius 1 is 1.29 bits per heavy atom. The van der Waals surface area contributed by atoms with Gasteiger partial charge in [-0.25, -0.2) is 4.79 Å². The minimum atomic E-state index is -0.683.